The largest absolute Gasteiger partial charge is 0.496 e. The van der Waals surface area contributed by atoms with Crippen molar-refractivity contribution >= 4 is 5.91 Å². The van der Waals surface area contributed by atoms with E-state index in [1.807, 2.05) is 24.1 Å². The third-order valence-corrected chi connectivity index (χ3v) is 5.78. The maximum atomic E-state index is 12.5. The van der Waals surface area contributed by atoms with E-state index in [1.165, 1.54) is 18.1 Å². The summed E-state index contributed by atoms with van der Waals surface area (Å²) in [7, 11) is 3.60. The SMILES string of the molecule is COc1ccccc1CCN1CCCC(CN(C)C(=O)CCc2ccc(=O)[nH]n2)C1. The molecule has 0 bridgehead atoms. The van der Waals surface area contributed by atoms with E-state index in [0.717, 1.165) is 50.5 Å². The standard InChI is InChI=1S/C23H32N4O3/c1-26(23(29)12-10-20-9-11-22(28)25-24-20)16-18-6-5-14-27(17-18)15-13-19-7-3-4-8-21(19)30-2/h3-4,7-9,11,18H,5-6,10,12-17H2,1-2H3,(H,25,28). The van der Waals surface area contributed by atoms with E-state index in [9.17, 15) is 9.59 Å². The number of carbonyl (C=O) groups excluding carboxylic acids is 1. The molecule has 1 fully saturated rings. The van der Waals surface area contributed by atoms with Crippen LogP contribution in [0.25, 0.3) is 0 Å². The molecule has 1 aromatic heterocycles. The fourth-order valence-electron chi connectivity index (χ4n) is 4.12. The summed E-state index contributed by atoms with van der Waals surface area (Å²) in [4.78, 5) is 27.9. The lowest BCUT2D eigenvalue weighted by molar-refractivity contribution is -0.130. The molecule has 1 aliphatic rings. The number of aromatic amines is 1. The first-order valence-electron chi connectivity index (χ1n) is 10.7. The van der Waals surface area contributed by atoms with Gasteiger partial charge in [0, 0.05) is 45.6 Å². The van der Waals surface area contributed by atoms with Crippen molar-refractivity contribution in [1.82, 2.24) is 20.0 Å². The quantitative estimate of drug-likeness (QED) is 0.683. The fourth-order valence-corrected chi connectivity index (χ4v) is 4.12. The van der Waals surface area contributed by atoms with Crippen molar-refractivity contribution in [3.05, 3.63) is 58.0 Å². The number of H-pyrrole nitrogens is 1. The zero-order valence-corrected chi connectivity index (χ0v) is 18.0. The molecule has 0 aliphatic carbocycles. The van der Waals surface area contributed by atoms with E-state index in [0.29, 0.717) is 18.8 Å². The van der Waals surface area contributed by atoms with Gasteiger partial charge in [0.1, 0.15) is 5.75 Å². The van der Waals surface area contributed by atoms with Crippen LogP contribution in [0.2, 0.25) is 0 Å². The molecule has 3 rings (SSSR count). The molecule has 0 spiro atoms. The lowest BCUT2D eigenvalue weighted by atomic mass is 9.97. The van der Waals surface area contributed by atoms with E-state index in [1.54, 1.807) is 13.2 Å². The van der Waals surface area contributed by atoms with Gasteiger partial charge in [-0.05, 0) is 49.4 Å². The highest BCUT2D eigenvalue weighted by Crippen LogP contribution is 2.21. The zero-order chi connectivity index (χ0) is 21.3. The van der Waals surface area contributed by atoms with Gasteiger partial charge in [0.25, 0.3) is 5.56 Å². The minimum Gasteiger partial charge on any atom is -0.496 e. The van der Waals surface area contributed by atoms with Crippen LogP contribution < -0.4 is 10.3 Å². The third-order valence-electron chi connectivity index (χ3n) is 5.78. The Labute approximate surface area is 178 Å². The number of nitrogens with one attached hydrogen (secondary N) is 1. The van der Waals surface area contributed by atoms with Gasteiger partial charge >= 0.3 is 0 Å². The number of methoxy groups -OCH3 is 1. The predicted molar refractivity (Wildman–Crippen MR) is 117 cm³/mol. The molecule has 1 aromatic carbocycles. The van der Waals surface area contributed by atoms with Crippen molar-refractivity contribution in [1.29, 1.82) is 0 Å². The van der Waals surface area contributed by atoms with Crippen LogP contribution in [0.5, 0.6) is 5.75 Å². The number of amides is 1. The second-order valence-corrected chi connectivity index (χ2v) is 8.06. The Morgan fingerprint density at radius 1 is 1.27 bits per heavy atom. The molecule has 0 radical (unpaired) electrons. The number of nitrogens with zero attached hydrogens (tertiary/aromatic N) is 3. The third kappa shape index (κ3) is 6.42. The molecule has 1 unspecified atom stereocenters. The van der Waals surface area contributed by atoms with Gasteiger partial charge in [-0.3, -0.25) is 9.59 Å². The molecular formula is C23H32N4O3. The summed E-state index contributed by atoms with van der Waals surface area (Å²) in [5, 5.41) is 6.38. The fraction of sp³-hybridized carbons (Fsp3) is 0.522. The number of carbonyl (C=O) groups is 1. The van der Waals surface area contributed by atoms with Crippen molar-refractivity contribution in [2.45, 2.75) is 32.1 Å². The Kier molecular flexibility index (Phi) is 8.02. The van der Waals surface area contributed by atoms with Crippen LogP contribution in [0.1, 0.15) is 30.5 Å². The second kappa shape index (κ2) is 10.9. The Balaban J connectivity index is 1.43. The minimum absolute atomic E-state index is 0.120. The molecule has 1 aliphatic heterocycles. The average molecular weight is 413 g/mol. The Morgan fingerprint density at radius 2 is 2.10 bits per heavy atom. The van der Waals surface area contributed by atoms with Gasteiger partial charge in [-0.2, -0.15) is 5.10 Å². The molecule has 2 heterocycles. The topological polar surface area (TPSA) is 78.5 Å². The molecule has 30 heavy (non-hydrogen) atoms. The minimum atomic E-state index is -0.227. The summed E-state index contributed by atoms with van der Waals surface area (Å²) in [5.41, 5.74) is 1.75. The summed E-state index contributed by atoms with van der Waals surface area (Å²) in [6.45, 7) is 3.92. The molecule has 2 aromatic rings. The van der Waals surface area contributed by atoms with Crippen LogP contribution in [0.4, 0.5) is 0 Å². The lowest BCUT2D eigenvalue weighted by Crippen LogP contribution is -2.42. The number of rotatable bonds is 9. The van der Waals surface area contributed by atoms with Gasteiger partial charge in [0.2, 0.25) is 5.91 Å². The number of ether oxygens (including phenoxy) is 1. The molecule has 1 saturated heterocycles. The zero-order valence-electron chi connectivity index (χ0n) is 18.0. The van der Waals surface area contributed by atoms with E-state index in [4.69, 9.17) is 4.74 Å². The van der Waals surface area contributed by atoms with Crippen LogP contribution in [0.15, 0.2) is 41.2 Å². The number of piperidine rings is 1. The van der Waals surface area contributed by atoms with Crippen molar-refractivity contribution in [3.8, 4) is 5.75 Å². The molecule has 1 N–H and O–H groups in total. The smallest absolute Gasteiger partial charge is 0.264 e. The number of benzene rings is 1. The van der Waals surface area contributed by atoms with Crippen molar-refractivity contribution in [2.24, 2.45) is 5.92 Å². The molecular weight excluding hydrogens is 380 g/mol. The van der Waals surface area contributed by atoms with Crippen LogP contribution in [-0.2, 0) is 17.6 Å². The second-order valence-electron chi connectivity index (χ2n) is 8.06. The highest BCUT2D eigenvalue weighted by atomic mass is 16.5. The van der Waals surface area contributed by atoms with Crippen LogP contribution in [0, 0.1) is 5.92 Å². The molecule has 7 nitrogen and oxygen atoms in total. The van der Waals surface area contributed by atoms with E-state index in [2.05, 4.69) is 27.2 Å². The molecule has 1 amide bonds. The van der Waals surface area contributed by atoms with Crippen molar-refractivity contribution in [3.63, 3.8) is 0 Å². The molecule has 162 valence electrons. The maximum Gasteiger partial charge on any atom is 0.264 e. The van der Waals surface area contributed by atoms with Crippen molar-refractivity contribution < 1.29 is 9.53 Å². The normalized spacial score (nSPS) is 16.9. The number of hydrogen-bond acceptors (Lipinski definition) is 5. The number of likely N-dealkylation sites (tertiary alicyclic amines) is 1. The number of aryl methyl sites for hydroxylation is 1. The number of para-hydroxylation sites is 1. The lowest BCUT2D eigenvalue weighted by Gasteiger charge is -2.34. The Bertz CT molecular complexity index is 862. The Hall–Kier alpha value is -2.67. The average Bonchev–Trinajstić information content (AvgIpc) is 2.77. The van der Waals surface area contributed by atoms with Crippen molar-refractivity contribution in [2.75, 3.05) is 40.3 Å². The number of hydrogen-bond donors (Lipinski definition) is 1. The van der Waals surface area contributed by atoms with Crippen LogP contribution >= 0.6 is 0 Å². The highest BCUT2D eigenvalue weighted by Gasteiger charge is 2.22. The number of aromatic nitrogens is 2. The summed E-state index contributed by atoms with van der Waals surface area (Å²) < 4.78 is 5.46. The van der Waals surface area contributed by atoms with Gasteiger partial charge in [0.15, 0.2) is 0 Å². The summed E-state index contributed by atoms with van der Waals surface area (Å²) >= 11 is 0. The predicted octanol–water partition coefficient (Wildman–Crippen LogP) is 2.12. The molecule has 1 atom stereocenters. The van der Waals surface area contributed by atoms with E-state index >= 15 is 0 Å². The summed E-state index contributed by atoms with van der Waals surface area (Å²) in [5.74, 6) is 1.57. The first-order chi connectivity index (χ1) is 14.5. The van der Waals surface area contributed by atoms with Gasteiger partial charge in [-0.1, -0.05) is 18.2 Å². The van der Waals surface area contributed by atoms with Crippen LogP contribution in [-0.4, -0.2) is 66.2 Å². The van der Waals surface area contributed by atoms with E-state index in [-0.39, 0.29) is 11.5 Å². The summed E-state index contributed by atoms with van der Waals surface area (Å²) in [6.07, 6.45) is 4.23. The first-order valence-corrected chi connectivity index (χ1v) is 10.7. The maximum absolute atomic E-state index is 12.5. The summed E-state index contributed by atoms with van der Waals surface area (Å²) in [6, 6.07) is 11.3. The van der Waals surface area contributed by atoms with Gasteiger partial charge in [-0.25, -0.2) is 5.10 Å². The monoisotopic (exact) mass is 412 g/mol. The van der Waals surface area contributed by atoms with Crippen LogP contribution in [0.3, 0.4) is 0 Å². The van der Waals surface area contributed by atoms with Gasteiger partial charge in [-0.15, -0.1) is 0 Å². The molecule has 0 saturated carbocycles. The van der Waals surface area contributed by atoms with E-state index < -0.39 is 0 Å². The van der Waals surface area contributed by atoms with Gasteiger partial charge in [0.05, 0.1) is 12.8 Å². The Morgan fingerprint density at radius 3 is 2.87 bits per heavy atom. The highest BCUT2D eigenvalue weighted by molar-refractivity contribution is 5.76. The van der Waals surface area contributed by atoms with Gasteiger partial charge < -0.3 is 14.5 Å². The molecule has 7 heteroatoms. The first kappa shape index (κ1) is 22.0.